The molecule has 0 saturated carbocycles. The number of alkyl halides is 1. The molecule has 0 aromatic heterocycles. The van der Waals surface area contributed by atoms with Gasteiger partial charge in [0.05, 0.1) is 29.7 Å². The lowest BCUT2D eigenvalue weighted by Crippen LogP contribution is -2.66. The largest absolute Gasteiger partial charge is 0.432 e. The second-order valence-corrected chi connectivity index (χ2v) is 21.2. The van der Waals surface area contributed by atoms with Gasteiger partial charge >= 0.3 is 0 Å². The van der Waals surface area contributed by atoms with E-state index >= 15 is 0 Å². The summed E-state index contributed by atoms with van der Waals surface area (Å²) in [6.07, 6.45) is -0.699. The number of aliphatic hydroxyl groups excluding tert-OH is 1. The third-order valence-electron chi connectivity index (χ3n) is 7.36. The number of rotatable bonds is 8. The molecule has 1 saturated heterocycles. The molecule has 3 N–H and O–H groups in total. The van der Waals surface area contributed by atoms with Crippen LogP contribution in [-0.4, -0.2) is 68.2 Å². The highest BCUT2D eigenvalue weighted by Gasteiger charge is 2.50. The van der Waals surface area contributed by atoms with Crippen LogP contribution in [0.4, 0.5) is 0 Å². The van der Waals surface area contributed by atoms with Crippen molar-refractivity contribution in [1.29, 1.82) is 0 Å². The van der Waals surface area contributed by atoms with Crippen LogP contribution in [0.2, 0.25) is 36.3 Å². The van der Waals surface area contributed by atoms with E-state index in [1.807, 2.05) is 20.0 Å². The van der Waals surface area contributed by atoms with Crippen LogP contribution in [0.3, 0.4) is 0 Å². The highest BCUT2D eigenvalue weighted by atomic mass is 79.9. The predicted octanol–water partition coefficient (Wildman–Crippen LogP) is 4.16. The fourth-order valence-electron chi connectivity index (χ4n) is 3.26. The van der Waals surface area contributed by atoms with Crippen LogP contribution in [0.15, 0.2) is 0 Å². The minimum atomic E-state index is -2.35. The molecule has 0 aliphatic carbocycles. The SMILES string of the molecule is C[C@@H]1OC(CCC(C)(C)[Si](C)(C)O)[C@@H](O)C(O[Si](C)(C)C(C)(C)C)[C@@H]1NC(=O)CBr. The average Bonchev–Trinajstić information content (AvgIpc) is 2.57. The monoisotopic (exact) mass is 525 g/mol. The molecule has 6 nitrogen and oxygen atoms in total. The molecule has 0 aromatic rings. The molecule has 0 radical (unpaired) electrons. The van der Waals surface area contributed by atoms with Crippen LogP contribution >= 0.6 is 15.9 Å². The fourth-order valence-corrected chi connectivity index (χ4v) is 5.50. The van der Waals surface area contributed by atoms with E-state index in [1.54, 1.807) is 0 Å². The Bertz CT molecular complexity index is 589. The fraction of sp³-hybridized carbons (Fsp3) is 0.952. The Balaban J connectivity index is 3.13. The van der Waals surface area contributed by atoms with Crippen LogP contribution < -0.4 is 5.32 Å². The molecule has 2 unspecified atom stereocenters. The zero-order valence-electron chi connectivity index (χ0n) is 20.5. The summed E-state index contributed by atoms with van der Waals surface area (Å²) < 4.78 is 12.8. The molecule has 0 aromatic carbocycles. The van der Waals surface area contributed by atoms with Gasteiger partial charge in [0.1, 0.15) is 6.10 Å². The van der Waals surface area contributed by atoms with Crippen molar-refractivity contribution in [3.8, 4) is 0 Å². The molecule has 1 heterocycles. The zero-order valence-corrected chi connectivity index (χ0v) is 24.1. The van der Waals surface area contributed by atoms with E-state index in [-0.39, 0.29) is 27.4 Å². The number of halogens is 1. The molecule has 1 aliphatic rings. The van der Waals surface area contributed by atoms with Crippen LogP contribution in [0.25, 0.3) is 0 Å². The highest BCUT2D eigenvalue weighted by Crippen LogP contribution is 2.43. The van der Waals surface area contributed by atoms with Gasteiger partial charge in [-0.05, 0) is 56.0 Å². The van der Waals surface area contributed by atoms with Gasteiger partial charge in [0.15, 0.2) is 16.6 Å². The van der Waals surface area contributed by atoms with Crippen LogP contribution in [-0.2, 0) is 14.0 Å². The van der Waals surface area contributed by atoms with Crippen molar-refractivity contribution in [3.63, 3.8) is 0 Å². The van der Waals surface area contributed by atoms with E-state index in [0.717, 1.165) is 6.42 Å². The molecule has 5 atom stereocenters. The maximum atomic E-state index is 12.1. The Hall–Kier alpha value is 0.224. The summed E-state index contributed by atoms with van der Waals surface area (Å²) in [5, 5.41) is 14.2. The number of aliphatic hydroxyl groups is 1. The first-order chi connectivity index (χ1) is 13.3. The van der Waals surface area contributed by atoms with Gasteiger partial charge < -0.3 is 24.4 Å². The first-order valence-electron chi connectivity index (χ1n) is 10.9. The smallest absolute Gasteiger partial charge is 0.231 e. The zero-order chi connectivity index (χ0) is 23.7. The Labute approximate surface area is 193 Å². The first kappa shape index (κ1) is 28.3. The number of hydrogen-bond donors (Lipinski definition) is 3. The third-order valence-corrected chi connectivity index (χ3v) is 15.9. The summed E-state index contributed by atoms with van der Waals surface area (Å²) in [5.41, 5.74) is 0. The second-order valence-electron chi connectivity index (χ2n) is 11.4. The number of carbonyl (C=O) groups excluding carboxylic acids is 1. The van der Waals surface area contributed by atoms with Crippen molar-refractivity contribution < 1.29 is 23.9 Å². The Kier molecular flexibility index (Phi) is 9.43. The van der Waals surface area contributed by atoms with Gasteiger partial charge in [-0.2, -0.15) is 0 Å². The topological polar surface area (TPSA) is 88.0 Å². The lowest BCUT2D eigenvalue weighted by Gasteiger charge is -2.49. The standard InChI is InChI=1S/C21H44BrNO5Si2/c1-14-17(23-16(24)13-22)19(28-30(9,10)20(2,3)4)18(25)15(27-14)11-12-21(5,6)29(7,8)26/h14-15,17-19,25-26H,11-13H2,1-10H3,(H,23,24)/t14-,15?,17+,18+,19?/m0/s1. The van der Waals surface area contributed by atoms with Crippen molar-refractivity contribution in [2.75, 3.05) is 5.33 Å². The highest BCUT2D eigenvalue weighted by molar-refractivity contribution is 9.09. The molecule has 178 valence electrons. The summed E-state index contributed by atoms with van der Waals surface area (Å²) in [6, 6.07) is -0.424. The molecule has 0 spiro atoms. The van der Waals surface area contributed by atoms with E-state index in [2.05, 4.69) is 69.0 Å². The van der Waals surface area contributed by atoms with E-state index in [1.165, 1.54) is 0 Å². The summed E-state index contributed by atoms with van der Waals surface area (Å²) in [5.74, 6) is -0.154. The number of ether oxygens (including phenoxy) is 1. The van der Waals surface area contributed by atoms with Gasteiger partial charge in [0, 0.05) is 0 Å². The minimum Gasteiger partial charge on any atom is -0.432 e. The molecular formula is C21H44BrNO5Si2. The molecule has 1 amide bonds. The Morgan fingerprint density at radius 3 is 2.13 bits per heavy atom. The van der Waals surface area contributed by atoms with Gasteiger partial charge in [0.25, 0.3) is 0 Å². The first-order valence-corrected chi connectivity index (χ1v) is 17.9. The third kappa shape index (κ3) is 6.86. The number of hydrogen-bond acceptors (Lipinski definition) is 5. The van der Waals surface area contributed by atoms with Crippen molar-refractivity contribution >= 4 is 38.5 Å². The molecule has 0 bridgehead atoms. The number of carbonyl (C=O) groups is 1. The summed E-state index contributed by atoms with van der Waals surface area (Å²) >= 11 is 3.20. The summed E-state index contributed by atoms with van der Waals surface area (Å²) in [4.78, 5) is 22.7. The average molecular weight is 527 g/mol. The van der Waals surface area contributed by atoms with Crippen LogP contribution in [0, 0.1) is 0 Å². The number of nitrogens with one attached hydrogen (secondary N) is 1. The molecule has 9 heteroatoms. The van der Waals surface area contributed by atoms with Gasteiger partial charge in [-0.1, -0.05) is 50.5 Å². The van der Waals surface area contributed by atoms with Crippen molar-refractivity contribution in [2.24, 2.45) is 0 Å². The predicted molar refractivity (Wildman–Crippen MR) is 131 cm³/mol. The van der Waals surface area contributed by atoms with Crippen LogP contribution in [0.1, 0.15) is 54.4 Å². The minimum absolute atomic E-state index is 0.0256. The molecular weight excluding hydrogens is 482 g/mol. The van der Waals surface area contributed by atoms with Gasteiger partial charge in [0.2, 0.25) is 5.91 Å². The second kappa shape index (κ2) is 10.0. The lowest BCUT2D eigenvalue weighted by molar-refractivity contribution is -0.179. The lowest BCUT2D eigenvalue weighted by atomic mass is 9.89. The molecule has 30 heavy (non-hydrogen) atoms. The normalized spacial score (nSPS) is 29.0. The summed E-state index contributed by atoms with van der Waals surface area (Å²) in [6.45, 7) is 20.8. The Morgan fingerprint density at radius 1 is 1.17 bits per heavy atom. The Morgan fingerprint density at radius 2 is 1.70 bits per heavy atom. The van der Waals surface area contributed by atoms with Gasteiger partial charge in [-0.25, -0.2) is 0 Å². The van der Waals surface area contributed by atoms with Crippen molar-refractivity contribution in [2.45, 2.75) is 121 Å². The molecule has 1 aliphatic heterocycles. The van der Waals surface area contributed by atoms with Gasteiger partial charge in [-0.3, -0.25) is 4.79 Å². The maximum absolute atomic E-state index is 12.1. The molecule has 1 rings (SSSR count). The maximum Gasteiger partial charge on any atom is 0.231 e. The van der Waals surface area contributed by atoms with E-state index < -0.39 is 41.0 Å². The summed E-state index contributed by atoms with van der Waals surface area (Å²) in [7, 11) is -4.55. The van der Waals surface area contributed by atoms with E-state index in [4.69, 9.17) is 9.16 Å². The van der Waals surface area contributed by atoms with Gasteiger partial charge in [-0.15, -0.1) is 0 Å². The molecule has 1 fully saturated rings. The van der Waals surface area contributed by atoms with Crippen molar-refractivity contribution in [1.82, 2.24) is 5.32 Å². The quantitative estimate of drug-likeness (QED) is 0.327. The van der Waals surface area contributed by atoms with Crippen LogP contribution in [0.5, 0.6) is 0 Å². The van der Waals surface area contributed by atoms with E-state index in [9.17, 15) is 14.7 Å². The number of amides is 1. The van der Waals surface area contributed by atoms with Crippen molar-refractivity contribution in [3.05, 3.63) is 0 Å². The van der Waals surface area contributed by atoms with E-state index in [0.29, 0.717) is 6.42 Å².